The molecule has 0 aromatic heterocycles. The maximum absolute atomic E-state index is 5.16. The van der Waals surface area contributed by atoms with Crippen molar-refractivity contribution in [3.05, 3.63) is 0 Å². The first-order valence-corrected chi connectivity index (χ1v) is 6.05. The van der Waals surface area contributed by atoms with Gasteiger partial charge in [-0.3, -0.25) is 0 Å². The number of hydrogen-bond donors (Lipinski definition) is 1. The molecule has 0 radical (unpaired) electrons. The molecule has 3 heteroatoms. The summed E-state index contributed by atoms with van der Waals surface area (Å²) < 4.78 is 10.3. The Labute approximate surface area is 93.5 Å². The molecule has 1 aliphatic carbocycles. The second kappa shape index (κ2) is 7.20. The fourth-order valence-electron chi connectivity index (χ4n) is 2.22. The van der Waals surface area contributed by atoms with Crippen molar-refractivity contribution in [2.75, 3.05) is 20.8 Å². The van der Waals surface area contributed by atoms with E-state index >= 15 is 0 Å². The molecule has 2 unspecified atom stereocenters. The maximum atomic E-state index is 5.16. The zero-order valence-corrected chi connectivity index (χ0v) is 10.3. The third-order valence-electron chi connectivity index (χ3n) is 3.36. The Kier molecular flexibility index (Phi) is 6.22. The smallest absolute Gasteiger partial charge is 0.169 e. The molecule has 1 N–H and O–H groups in total. The van der Waals surface area contributed by atoms with Crippen LogP contribution in [0.2, 0.25) is 0 Å². The van der Waals surface area contributed by atoms with Crippen LogP contribution in [0.15, 0.2) is 0 Å². The molecular weight excluding hydrogens is 190 g/mol. The number of hydrogen-bond acceptors (Lipinski definition) is 3. The third kappa shape index (κ3) is 4.96. The minimum Gasteiger partial charge on any atom is -0.355 e. The first-order valence-electron chi connectivity index (χ1n) is 6.05. The highest BCUT2D eigenvalue weighted by Crippen LogP contribution is 2.22. The van der Waals surface area contributed by atoms with Crippen molar-refractivity contribution in [2.45, 2.75) is 51.4 Å². The lowest BCUT2D eigenvalue weighted by Gasteiger charge is -2.20. The highest BCUT2D eigenvalue weighted by molar-refractivity contribution is 4.73. The lowest BCUT2D eigenvalue weighted by Crippen LogP contribution is -2.36. The van der Waals surface area contributed by atoms with E-state index in [9.17, 15) is 0 Å². The van der Waals surface area contributed by atoms with Gasteiger partial charge in [0, 0.05) is 26.8 Å². The summed E-state index contributed by atoms with van der Waals surface area (Å²) in [5.41, 5.74) is 0. The Morgan fingerprint density at radius 2 is 1.87 bits per heavy atom. The van der Waals surface area contributed by atoms with E-state index in [-0.39, 0.29) is 6.29 Å². The monoisotopic (exact) mass is 215 g/mol. The molecule has 90 valence electrons. The fourth-order valence-corrected chi connectivity index (χ4v) is 2.22. The summed E-state index contributed by atoms with van der Waals surface area (Å²) in [5, 5.41) is 3.53. The Morgan fingerprint density at radius 3 is 2.53 bits per heavy atom. The minimum absolute atomic E-state index is 0.106. The average molecular weight is 215 g/mol. The summed E-state index contributed by atoms with van der Waals surface area (Å²) in [6.07, 6.45) is 6.57. The predicted molar refractivity (Wildman–Crippen MR) is 61.8 cm³/mol. The van der Waals surface area contributed by atoms with Crippen LogP contribution >= 0.6 is 0 Å². The summed E-state index contributed by atoms with van der Waals surface area (Å²) >= 11 is 0. The standard InChI is InChI=1S/C12H25NO2/c1-10-5-4-6-11(8-7-10)13-9-12(14-2)15-3/h10-13H,4-9H2,1-3H3. The zero-order valence-electron chi connectivity index (χ0n) is 10.3. The number of ether oxygens (including phenoxy) is 2. The molecule has 1 aliphatic rings. The van der Waals surface area contributed by atoms with Gasteiger partial charge in [0.1, 0.15) is 0 Å². The van der Waals surface area contributed by atoms with Gasteiger partial charge >= 0.3 is 0 Å². The normalized spacial score (nSPS) is 28.0. The Morgan fingerprint density at radius 1 is 1.13 bits per heavy atom. The summed E-state index contributed by atoms with van der Waals surface area (Å²) in [6, 6.07) is 0.655. The lowest BCUT2D eigenvalue weighted by molar-refractivity contribution is -0.1000. The van der Waals surface area contributed by atoms with Crippen molar-refractivity contribution in [1.29, 1.82) is 0 Å². The van der Waals surface area contributed by atoms with Crippen molar-refractivity contribution >= 4 is 0 Å². The molecular formula is C12H25NO2. The number of rotatable bonds is 5. The van der Waals surface area contributed by atoms with E-state index in [1.54, 1.807) is 14.2 Å². The van der Waals surface area contributed by atoms with Crippen molar-refractivity contribution in [3.8, 4) is 0 Å². The molecule has 1 fully saturated rings. The average Bonchev–Trinajstić information content (AvgIpc) is 2.45. The van der Waals surface area contributed by atoms with Gasteiger partial charge in [-0.05, 0) is 25.2 Å². The summed E-state index contributed by atoms with van der Waals surface area (Å²) in [7, 11) is 3.37. The third-order valence-corrected chi connectivity index (χ3v) is 3.36. The fraction of sp³-hybridized carbons (Fsp3) is 1.00. The van der Waals surface area contributed by atoms with Gasteiger partial charge < -0.3 is 14.8 Å². The Bertz CT molecular complexity index is 160. The lowest BCUT2D eigenvalue weighted by atomic mass is 10.0. The Balaban J connectivity index is 2.19. The van der Waals surface area contributed by atoms with Crippen LogP contribution in [-0.2, 0) is 9.47 Å². The maximum Gasteiger partial charge on any atom is 0.169 e. The van der Waals surface area contributed by atoms with Gasteiger partial charge in [-0.2, -0.15) is 0 Å². The van der Waals surface area contributed by atoms with Gasteiger partial charge in [-0.15, -0.1) is 0 Å². The molecule has 0 spiro atoms. The molecule has 1 saturated carbocycles. The van der Waals surface area contributed by atoms with E-state index in [0.29, 0.717) is 6.04 Å². The van der Waals surface area contributed by atoms with E-state index < -0.39 is 0 Å². The second-order valence-corrected chi connectivity index (χ2v) is 4.62. The number of nitrogens with one attached hydrogen (secondary N) is 1. The molecule has 0 saturated heterocycles. The molecule has 2 atom stereocenters. The summed E-state index contributed by atoms with van der Waals surface area (Å²) in [5.74, 6) is 0.900. The van der Waals surface area contributed by atoms with Gasteiger partial charge in [0.05, 0.1) is 0 Å². The Hall–Kier alpha value is -0.120. The predicted octanol–water partition coefficient (Wildman–Crippen LogP) is 2.16. The van der Waals surface area contributed by atoms with Crippen molar-refractivity contribution in [1.82, 2.24) is 5.32 Å². The van der Waals surface area contributed by atoms with Gasteiger partial charge in [0.2, 0.25) is 0 Å². The highest BCUT2D eigenvalue weighted by atomic mass is 16.7. The van der Waals surface area contributed by atoms with E-state index in [1.165, 1.54) is 32.1 Å². The van der Waals surface area contributed by atoms with Crippen LogP contribution in [0, 0.1) is 5.92 Å². The van der Waals surface area contributed by atoms with Crippen LogP contribution in [0.1, 0.15) is 39.0 Å². The molecule has 0 bridgehead atoms. The van der Waals surface area contributed by atoms with Crippen LogP contribution in [0.25, 0.3) is 0 Å². The quantitative estimate of drug-likeness (QED) is 0.563. The molecule has 3 nitrogen and oxygen atoms in total. The van der Waals surface area contributed by atoms with Crippen molar-refractivity contribution < 1.29 is 9.47 Å². The van der Waals surface area contributed by atoms with Crippen LogP contribution in [0.5, 0.6) is 0 Å². The number of methoxy groups -OCH3 is 2. The van der Waals surface area contributed by atoms with E-state index in [1.807, 2.05) is 0 Å². The van der Waals surface area contributed by atoms with Crippen LogP contribution in [0.4, 0.5) is 0 Å². The molecule has 0 heterocycles. The molecule has 15 heavy (non-hydrogen) atoms. The van der Waals surface area contributed by atoms with Crippen LogP contribution in [-0.4, -0.2) is 33.1 Å². The van der Waals surface area contributed by atoms with Crippen molar-refractivity contribution in [3.63, 3.8) is 0 Å². The van der Waals surface area contributed by atoms with E-state index in [4.69, 9.17) is 9.47 Å². The first-order chi connectivity index (χ1) is 7.26. The van der Waals surface area contributed by atoms with E-state index in [2.05, 4.69) is 12.2 Å². The van der Waals surface area contributed by atoms with Crippen molar-refractivity contribution in [2.24, 2.45) is 5.92 Å². The SMILES string of the molecule is COC(CNC1CCCC(C)CC1)OC. The van der Waals surface area contributed by atoms with E-state index in [0.717, 1.165) is 12.5 Å². The molecule has 0 aromatic carbocycles. The second-order valence-electron chi connectivity index (χ2n) is 4.62. The molecule has 0 aliphatic heterocycles. The topological polar surface area (TPSA) is 30.5 Å². The van der Waals surface area contributed by atoms with Crippen LogP contribution < -0.4 is 5.32 Å². The van der Waals surface area contributed by atoms with Gasteiger partial charge in [-0.25, -0.2) is 0 Å². The first kappa shape index (κ1) is 12.9. The minimum atomic E-state index is -0.106. The molecule has 0 aromatic rings. The van der Waals surface area contributed by atoms with Gasteiger partial charge in [-0.1, -0.05) is 19.8 Å². The summed E-state index contributed by atoms with van der Waals surface area (Å²) in [6.45, 7) is 3.15. The zero-order chi connectivity index (χ0) is 11.1. The van der Waals surface area contributed by atoms with Gasteiger partial charge in [0.15, 0.2) is 6.29 Å². The molecule has 1 rings (SSSR count). The van der Waals surface area contributed by atoms with Crippen LogP contribution in [0.3, 0.4) is 0 Å². The highest BCUT2D eigenvalue weighted by Gasteiger charge is 2.16. The molecule has 0 amide bonds. The van der Waals surface area contributed by atoms with Gasteiger partial charge in [0.25, 0.3) is 0 Å². The summed E-state index contributed by atoms with van der Waals surface area (Å²) in [4.78, 5) is 0. The largest absolute Gasteiger partial charge is 0.355 e.